The maximum Gasteiger partial charge on any atom is 0.143 e. The molecule has 0 bridgehead atoms. The van der Waals surface area contributed by atoms with Crippen LogP contribution in [0.25, 0.3) is 55.0 Å². The van der Waals surface area contributed by atoms with Crippen molar-refractivity contribution < 1.29 is 4.42 Å². The lowest BCUT2D eigenvalue weighted by Gasteiger charge is -2.40. The second-order valence-corrected chi connectivity index (χ2v) is 15.9. The molecule has 0 saturated heterocycles. The molecule has 3 heteroatoms. The first kappa shape index (κ1) is 31.5. The van der Waals surface area contributed by atoms with E-state index >= 15 is 0 Å². The minimum Gasteiger partial charge on any atom is -0.455 e. The summed E-state index contributed by atoms with van der Waals surface area (Å²) in [6, 6.07) is 73.2. The molecule has 2 nitrogen and oxygen atoms in total. The van der Waals surface area contributed by atoms with Crippen molar-refractivity contribution in [3.63, 3.8) is 0 Å². The number of para-hydroxylation sites is 3. The monoisotopic (exact) mass is 731 g/mol. The summed E-state index contributed by atoms with van der Waals surface area (Å²) in [6.45, 7) is 0. The van der Waals surface area contributed by atoms with Gasteiger partial charge in [-0.25, -0.2) is 0 Å². The zero-order chi connectivity index (χ0) is 36.8. The number of nitrogens with zero attached hydrogens (tertiary/aromatic N) is 1. The first-order valence-corrected chi connectivity index (χ1v) is 20.0. The summed E-state index contributed by atoms with van der Waals surface area (Å²) in [6.07, 6.45) is 0. The van der Waals surface area contributed by atoms with Gasteiger partial charge in [0.1, 0.15) is 11.2 Å². The van der Waals surface area contributed by atoms with Crippen LogP contribution in [0, 0.1) is 0 Å². The number of fused-ring (bicyclic) bond motifs is 13. The van der Waals surface area contributed by atoms with E-state index in [0.717, 1.165) is 50.1 Å². The van der Waals surface area contributed by atoms with E-state index in [0.29, 0.717) is 0 Å². The highest BCUT2D eigenvalue weighted by molar-refractivity contribution is 7.99. The molecule has 10 aromatic rings. The Bertz CT molecular complexity index is 3130. The molecule has 0 saturated carbocycles. The van der Waals surface area contributed by atoms with Gasteiger partial charge in [0, 0.05) is 43.2 Å². The third kappa shape index (κ3) is 4.46. The third-order valence-corrected chi connectivity index (χ3v) is 13.0. The van der Waals surface area contributed by atoms with Gasteiger partial charge in [0.2, 0.25) is 0 Å². The maximum absolute atomic E-state index is 6.41. The topological polar surface area (TPSA) is 16.4 Å². The van der Waals surface area contributed by atoms with Crippen molar-refractivity contribution in [1.82, 2.24) is 0 Å². The molecule has 0 radical (unpaired) electrons. The van der Waals surface area contributed by atoms with Crippen LogP contribution < -0.4 is 4.90 Å². The van der Waals surface area contributed by atoms with Crippen LogP contribution in [0.4, 0.5) is 17.1 Å². The van der Waals surface area contributed by atoms with Crippen LogP contribution in [0.1, 0.15) is 22.3 Å². The second kappa shape index (κ2) is 12.1. The van der Waals surface area contributed by atoms with Crippen molar-refractivity contribution in [3.05, 3.63) is 222 Å². The summed E-state index contributed by atoms with van der Waals surface area (Å²) in [5.41, 5.74) is 15.1. The summed E-state index contributed by atoms with van der Waals surface area (Å²) in [5.74, 6) is 0. The minimum absolute atomic E-state index is 0.387. The molecule has 1 aliphatic carbocycles. The number of furan rings is 1. The van der Waals surface area contributed by atoms with E-state index in [2.05, 4.69) is 193 Å². The van der Waals surface area contributed by atoms with Crippen molar-refractivity contribution in [2.24, 2.45) is 0 Å². The number of anilines is 3. The summed E-state index contributed by atoms with van der Waals surface area (Å²) >= 11 is 1.89. The molecule has 2 aliphatic rings. The quantitative estimate of drug-likeness (QED) is 0.179. The first-order chi connectivity index (χ1) is 27.8. The van der Waals surface area contributed by atoms with Crippen LogP contribution in [-0.4, -0.2) is 0 Å². The van der Waals surface area contributed by atoms with E-state index < -0.39 is 0 Å². The van der Waals surface area contributed by atoms with E-state index in [1.54, 1.807) is 0 Å². The largest absolute Gasteiger partial charge is 0.455 e. The Balaban J connectivity index is 1.00. The molecular weight excluding hydrogens is 699 g/mol. The van der Waals surface area contributed by atoms with Crippen molar-refractivity contribution in [2.75, 3.05) is 4.90 Å². The molecular formula is C53H33NOS. The van der Waals surface area contributed by atoms with Gasteiger partial charge in [0.05, 0.1) is 5.41 Å². The Morgan fingerprint density at radius 3 is 1.82 bits per heavy atom. The Labute approximate surface area is 329 Å². The normalized spacial score (nSPS) is 13.4. The van der Waals surface area contributed by atoms with Crippen LogP contribution in [0.2, 0.25) is 0 Å². The van der Waals surface area contributed by atoms with Crippen LogP contribution in [0.3, 0.4) is 0 Å². The van der Waals surface area contributed by atoms with Gasteiger partial charge in [-0.3, -0.25) is 0 Å². The Hall–Kier alpha value is -6.81. The number of hydrogen-bond acceptors (Lipinski definition) is 3. The minimum atomic E-state index is -0.387. The lowest BCUT2D eigenvalue weighted by Crippen LogP contribution is -2.31. The van der Waals surface area contributed by atoms with Gasteiger partial charge in [-0.1, -0.05) is 151 Å². The van der Waals surface area contributed by atoms with Crippen LogP contribution in [-0.2, 0) is 5.41 Å². The van der Waals surface area contributed by atoms with E-state index in [4.69, 9.17) is 4.42 Å². The number of benzene rings is 9. The average molecular weight is 732 g/mol. The second-order valence-electron chi connectivity index (χ2n) is 14.8. The average Bonchev–Trinajstić information content (AvgIpc) is 3.78. The summed E-state index contributed by atoms with van der Waals surface area (Å²) < 4.78 is 6.41. The Morgan fingerprint density at radius 2 is 1.02 bits per heavy atom. The molecule has 1 aliphatic heterocycles. The fraction of sp³-hybridized carbons (Fsp3) is 0.0189. The van der Waals surface area contributed by atoms with Gasteiger partial charge in [-0.15, -0.1) is 0 Å². The van der Waals surface area contributed by atoms with E-state index in [1.165, 1.54) is 53.9 Å². The molecule has 0 fully saturated rings. The standard InChI is InChI=1S/C53H33NOS/c1-2-13-37(14-3-1)54(38-28-25-34(26-29-38)40-18-12-19-44-43-17-6-10-23-49(43)55-52(40)44)39-30-27-35-32-48-51(33-36(35)31-39)56-50-24-11-9-22-47(50)53(48)45-20-7-4-15-41(45)42-16-5-8-21-46(42)53/h1-33H. The van der Waals surface area contributed by atoms with Gasteiger partial charge in [0.15, 0.2) is 0 Å². The van der Waals surface area contributed by atoms with Crippen molar-refractivity contribution in [2.45, 2.75) is 15.2 Å². The summed E-state index contributed by atoms with van der Waals surface area (Å²) in [5, 5.41) is 4.73. The molecule has 1 spiro atoms. The zero-order valence-corrected chi connectivity index (χ0v) is 31.1. The summed E-state index contributed by atoms with van der Waals surface area (Å²) in [7, 11) is 0. The van der Waals surface area contributed by atoms with Gasteiger partial charge >= 0.3 is 0 Å². The lowest BCUT2D eigenvalue weighted by molar-refractivity contribution is 0.670. The predicted molar refractivity (Wildman–Crippen MR) is 233 cm³/mol. The Kier molecular flexibility index (Phi) is 6.81. The lowest BCUT2D eigenvalue weighted by atomic mass is 9.67. The van der Waals surface area contributed by atoms with Gasteiger partial charge < -0.3 is 9.32 Å². The highest BCUT2D eigenvalue weighted by Crippen LogP contribution is 2.62. The highest BCUT2D eigenvalue weighted by Gasteiger charge is 2.50. The maximum atomic E-state index is 6.41. The van der Waals surface area contributed by atoms with E-state index in [-0.39, 0.29) is 5.41 Å². The number of rotatable bonds is 4. The SMILES string of the molecule is c1ccc(N(c2ccc(-c3cccc4c3oc3ccccc34)cc2)c2ccc3cc4c(cc3c2)Sc2ccccc2C42c3ccccc3-c3ccccc32)cc1. The molecule has 0 atom stereocenters. The molecule has 0 amide bonds. The van der Waals surface area contributed by atoms with Crippen molar-refractivity contribution in [3.8, 4) is 22.3 Å². The van der Waals surface area contributed by atoms with Gasteiger partial charge in [-0.2, -0.15) is 0 Å². The zero-order valence-electron chi connectivity index (χ0n) is 30.3. The molecule has 0 unspecified atom stereocenters. The predicted octanol–water partition coefficient (Wildman–Crippen LogP) is 14.7. The highest BCUT2D eigenvalue weighted by atomic mass is 32.2. The summed E-state index contributed by atoms with van der Waals surface area (Å²) in [4.78, 5) is 4.97. The van der Waals surface area contributed by atoms with Crippen molar-refractivity contribution in [1.29, 1.82) is 0 Å². The fourth-order valence-corrected chi connectivity index (χ4v) is 10.7. The van der Waals surface area contributed by atoms with E-state index in [1.807, 2.05) is 23.9 Å². The van der Waals surface area contributed by atoms with Crippen LogP contribution in [0.15, 0.2) is 214 Å². The molecule has 9 aromatic carbocycles. The molecule has 12 rings (SSSR count). The van der Waals surface area contributed by atoms with E-state index in [9.17, 15) is 0 Å². The Morgan fingerprint density at radius 1 is 0.393 bits per heavy atom. The smallest absolute Gasteiger partial charge is 0.143 e. The van der Waals surface area contributed by atoms with Crippen molar-refractivity contribution >= 4 is 61.5 Å². The molecule has 0 N–H and O–H groups in total. The van der Waals surface area contributed by atoms with Crippen LogP contribution in [0.5, 0.6) is 0 Å². The third-order valence-electron chi connectivity index (χ3n) is 11.9. The molecule has 2 heterocycles. The first-order valence-electron chi connectivity index (χ1n) is 19.2. The number of hydrogen-bond donors (Lipinski definition) is 0. The van der Waals surface area contributed by atoms with Crippen LogP contribution >= 0.6 is 11.8 Å². The van der Waals surface area contributed by atoms with Gasteiger partial charge in [0.25, 0.3) is 0 Å². The van der Waals surface area contributed by atoms with Gasteiger partial charge in [-0.05, 0) is 110 Å². The molecule has 1 aromatic heterocycles. The fourth-order valence-electron chi connectivity index (χ4n) is 9.51. The molecule has 56 heavy (non-hydrogen) atoms. The molecule has 262 valence electrons.